The van der Waals surface area contributed by atoms with Gasteiger partial charge in [0.25, 0.3) is 5.56 Å². The molecule has 5 nitrogen and oxygen atoms in total. The molecular formula is C14H15NO4. The lowest BCUT2D eigenvalue weighted by Gasteiger charge is -2.13. The van der Waals surface area contributed by atoms with Crippen molar-refractivity contribution >= 4 is 16.9 Å². The summed E-state index contributed by atoms with van der Waals surface area (Å²) in [4.78, 5) is 23.8. The minimum Gasteiger partial charge on any atom is -0.506 e. The molecule has 19 heavy (non-hydrogen) atoms. The van der Waals surface area contributed by atoms with Crippen molar-refractivity contribution in [2.75, 3.05) is 7.11 Å². The third-order valence-corrected chi connectivity index (χ3v) is 3.25. The van der Waals surface area contributed by atoms with Crippen molar-refractivity contribution in [3.63, 3.8) is 0 Å². The van der Waals surface area contributed by atoms with Crippen LogP contribution in [-0.2, 0) is 18.2 Å². The van der Waals surface area contributed by atoms with Gasteiger partial charge in [-0.15, -0.1) is 0 Å². The number of pyridine rings is 1. The number of nitrogens with zero attached hydrogens (tertiary/aromatic N) is 1. The number of aryl methyl sites for hydroxylation is 2. The van der Waals surface area contributed by atoms with E-state index in [-0.39, 0.29) is 11.3 Å². The molecule has 0 saturated heterocycles. The maximum Gasteiger partial charge on any atom is 0.347 e. The molecular weight excluding hydrogens is 246 g/mol. The number of methoxy groups -OCH3 is 1. The van der Waals surface area contributed by atoms with Gasteiger partial charge in [-0.1, -0.05) is 19.1 Å². The van der Waals surface area contributed by atoms with Gasteiger partial charge in [0.1, 0.15) is 5.75 Å². The van der Waals surface area contributed by atoms with Crippen LogP contribution >= 0.6 is 0 Å². The van der Waals surface area contributed by atoms with Crippen molar-refractivity contribution in [3.05, 3.63) is 39.7 Å². The second-order valence-corrected chi connectivity index (χ2v) is 4.24. The molecule has 2 rings (SSSR count). The third-order valence-electron chi connectivity index (χ3n) is 3.25. The average Bonchev–Trinajstić information content (AvgIpc) is 2.43. The minimum absolute atomic E-state index is 0.303. The van der Waals surface area contributed by atoms with E-state index in [9.17, 15) is 14.7 Å². The van der Waals surface area contributed by atoms with E-state index in [1.807, 2.05) is 19.1 Å². The van der Waals surface area contributed by atoms with Gasteiger partial charge in [-0.3, -0.25) is 4.79 Å². The largest absolute Gasteiger partial charge is 0.506 e. The number of fused-ring (bicyclic) bond motifs is 1. The van der Waals surface area contributed by atoms with Gasteiger partial charge in [0.2, 0.25) is 0 Å². The minimum atomic E-state index is -0.828. The lowest BCUT2D eigenvalue weighted by molar-refractivity contribution is 0.0595. The molecule has 1 N–H and O–H groups in total. The summed E-state index contributed by atoms with van der Waals surface area (Å²) in [5, 5.41) is 10.8. The lowest BCUT2D eigenvalue weighted by Crippen LogP contribution is -2.25. The van der Waals surface area contributed by atoms with E-state index in [4.69, 9.17) is 0 Å². The van der Waals surface area contributed by atoms with Crippen LogP contribution in [0.5, 0.6) is 5.75 Å². The summed E-state index contributed by atoms with van der Waals surface area (Å²) in [5.74, 6) is -1.13. The predicted molar refractivity (Wildman–Crippen MR) is 71.6 cm³/mol. The van der Waals surface area contributed by atoms with Crippen LogP contribution in [0.15, 0.2) is 23.0 Å². The quantitative estimate of drug-likeness (QED) is 0.834. The second-order valence-electron chi connectivity index (χ2n) is 4.24. The first-order valence-corrected chi connectivity index (χ1v) is 5.94. The molecule has 0 radical (unpaired) electrons. The molecule has 0 bridgehead atoms. The number of aromatic nitrogens is 1. The number of hydrogen-bond donors (Lipinski definition) is 1. The molecule has 0 amide bonds. The number of benzene rings is 1. The zero-order valence-corrected chi connectivity index (χ0v) is 11.1. The van der Waals surface area contributed by atoms with Crippen LogP contribution in [0.25, 0.3) is 10.9 Å². The summed E-state index contributed by atoms with van der Waals surface area (Å²) < 4.78 is 5.91. The average molecular weight is 261 g/mol. The van der Waals surface area contributed by atoms with Gasteiger partial charge in [0, 0.05) is 12.4 Å². The molecule has 2 aromatic rings. The molecule has 0 aliphatic carbocycles. The zero-order valence-electron chi connectivity index (χ0n) is 11.1. The molecule has 1 aromatic heterocycles. The van der Waals surface area contributed by atoms with E-state index >= 15 is 0 Å². The maximum atomic E-state index is 12.1. The number of carbonyl (C=O) groups is 1. The first-order valence-electron chi connectivity index (χ1n) is 5.94. The Morgan fingerprint density at radius 2 is 2.11 bits per heavy atom. The van der Waals surface area contributed by atoms with Crippen LogP contribution < -0.4 is 5.56 Å². The fraction of sp³-hybridized carbons (Fsp3) is 0.286. The highest BCUT2D eigenvalue weighted by atomic mass is 16.5. The molecule has 0 spiro atoms. The smallest absolute Gasteiger partial charge is 0.347 e. The number of aromatic hydroxyl groups is 1. The normalized spacial score (nSPS) is 10.7. The Hall–Kier alpha value is -2.30. The Balaban J connectivity index is 3.02. The Labute approximate surface area is 110 Å². The van der Waals surface area contributed by atoms with Crippen LogP contribution in [0.4, 0.5) is 0 Å². The summed E-state index contributed by atoms with van der Waals surface area (Å²) >= 11 is 0. The van der Waals surface area contributed by atoms with E-state index in [0.29, 0.717) is 17.3 Å². The summed E-state index contributed by atoms with van der Waals surface area (Å²) in [6.07, 6.45) is 0.684. The van der Waals surface area contributed by atoms with E-state index in [0.717, 1.165) is 5.56 Å². The molecule has 5 heteroatoms. The third kappa shape index (κ3) is 1.87. The number of rotatable bonds is 2. The number of carbonyl (C=O) groups excluding carboxylic acids is 1. The van der Waals surface area contributed by atoms with Crippen molar-refractivity contribution in [2.24, 2.45) is 7.05 Å². The first kappa shape index (κ1) is 13.1. The zero-order chi connectivity index (χ0) is 14.2. The highest BCUT2D eigenvalue weighted by Crippen LogP contribution is 2.29. The van der Waals surface area contributed by atoms with Crippen LogP contribution in [0.1, 0.15) is 22.8 Å². The van der Waals surface area contributed by atoms with E-state index in [1.165, 1.54) is 11.7 Å². The summed E-state index contributed by atoms with van der Waals surface area (Å²) in [6.45, 7) is 1.94. The van der Waals surface area contributed by atoms with E-state index in [2.05, 4.69) is 4.74 Å². The predicted octanol–water partition coefficient (Wildman–Crippen LogP) is 1.59. The molecule has 0 saturated carbocycles. The fourth-order valence-electron chi connectivity index (χ4n) is 2.22. The van der Waals surface area contributed by atoms with Crippen LogP contribution in [0.2, 0.25) is 0 Å². The van der Waals surface area contributed by atoms with Crippen molar-refractivity contribution in [1.82, 2.24) is 4.57 Å². The first-order chi connectivity index (χ1) is 9.02. The number of hydrogen-bond acceptors (Lipinski definition) is 4. The van der Waals surface area contributed by atoms with Crippen LogP contribution in [-0.4, -0.2) is 22.8 Å². The molecule has 1 heterocycles. The number of esters is 1. The Kier molecular flexibility index (Phi) is 3.29. The standard InChI is InChI=1S/C14H15NO4/c1-4-8-6-5-7-9-10(8)12(16)11(14(18)19-3)13(17)15(9)2/h5-7,16H,4H2,1-3H3. The highest BCUT2D eigenvalue weighted by Gasteiger charge is 2.22. The van der Waals surface area contributed by atoms with Crippen LogP contribution in [0, 0.1) is 0 Å². The van der Waals surface area contributed by atoms with Gasteiger partial charge < -0.3 is 14.4 Å². The molecule has 100 valence electrons. The molecule has 0 unspecified atom stereocenters. The van der Waals surface area contributed by atoms with Gasteiger partial charge in [0.15, 0.2) is 5.56 Å². The van der Waals surface area contributed by atoms with Gasteiger partial charge in [0.05, 0.1) is 12.6 Å². The molecule has 0 aliphatic heterocycles. The maximum absolute atomic E-state index is 12.1. The van der Waals surface area contributed by atoms with Crippen molar-refractivity contribution in [1.29, 1.82) is 0 Å². The van der Waals surface area contributed by atoms with Crippen molar-refractivity contribution < 1.29 is 14.6 Å². The summed E-state index contributed by atoms with van der Waals surface area (Å²) in [7, 11) is 2.74. The van der Waals surface area contributed by atoms with Crippen molar-refractivity contribution in [3.8, 4) is 5.75 Å². The summed E-state index contributed by atoms with van der Waals surface area (Å²) in [5.41, 5.74) is 0.578. The van der Waals surface area contributed by atoms with Gasteiger partial charge in [-0.25, -0.2) is 4.79 Å². The van der Waals surface area contributed by atoms with Gasteiger partial charge >= 0.3 is 5.97 Å². The Bertz CT molecular complexity index is 715. The monoisotopic (exact) mass is 261 g/mol. The molecule has 0 aliphatic rings. The topological polar surface area (TPSA) is 68.5 Å². The van der Waals surface area contributed by atoms with Gasteiger partial charge in [-0.2, -0.15) is 0 Å². The second kappa shape index (κ2) is 4.76. The lowest BCUT2D eigenvalue weighted by atomic mass is 10.0. The molecule has 0 fully saturated rings. The van der Waals surface area contributed by atoms with Crippen molar-refractivity contribution in [2.45, 2.75) is 13.3 Å². The van der Waals surface area contributed by atoms with Gasteiger partial charge in [-0.05, 0) is 18.1 Å². The molecule has 0 atom stereocenters. The Morgan fingerprint density at radius 1 is 1.42 bits per heavy atom. The summed E-state index contributed by atoms with van der Waals surface area (Å²) in [6, 6.07) is 5.40. The highest BCUT2D eigenvalue weighted by molar-refractivity contribution is 6.00. The van der Waals surface area contributed by atoms with E-state index < -0.39 is 11.5 Å². The SMILES string of the molecule is CCc1cccc2c1c(O)c(C(=O)OC)c(=O)n2C. The molecule has 1 aromatic carbocycles. The fourth-order valence-corrected chi connectivity index (χ4v) is 2.22. The number of ether oxygens (including phenoxy) is 1. The Morgan fingerprint density at radius 3 is 2.68 bits per heavy atom. The van der Waals surface area contributed by atoms with Crippen LogP contribution in [0.3, 0.4) is 0 Å². The van der Waals surface area contributed by atoms with E-state index in [1.54, 1.807) is 13.1 Å².